The van der Waals surface area contributed by atoms with Crippen molar-refractivity contribution < 1.29 is 9.53 Å². The number of nitrogens with one attached hydrogen (secondary N) is 2. The van der Waals surface area contributed by atoms with Crippen LogP contribution in [-0.2, 0) is 4.74 Å². The lowest BCUT2D eigenvalue weighted by atomic mass is 9.95. The van der Waals surface area contributed by atoms with E-state index in [1.165, 1.54) is 0 Å². The first-order valence-electron chi connectivity index (χ1n) is 8.56. The van der Waals surface area contributed by atoms with Gasteiger partial charge in [0.25, 0.3) is 0 Å². The molecule has 0 spiro atoms. The number of hydrogen-bond donors (Lipinski definition) is 2. The van der Waals surface area contributed by atoms with Gasteiger partial charge in [0.05, 0.1) is 40.5 Å². The van der Waals surface area contributed by atoms with E-state index in [1.54, 1.807) is 4.68 Å². The van der Waals surface area contributed by atoms with E-state index in [4.69, 9.17) is 4.74 Å². The van der Waals surface area contributed by atoms with Crippen molar-refractivity contribution >= 4 is 11.7 Å². The van der Waals surface area contributed by atoms with Gasteiger partial charge in [-0.2, -0.15) is 5.10 Å². The largest absolute Gasteiger partial charge is 0.367 e. The maximum atomic E-state index is 12.5. The number of hydrogen-bond acceptors (Lipinski definition) is 3. The van der Waals surface area contributed by atoms with Gasteiger partial charge in [0.15, 0.2) is 0 Å². The highest BCUT2D eigenvalue weighted by Gasteiger charge is 2.46. The number of carbonyl (C=O) groups is 1. The first-order valence-corrected chi connectivity index (χ1v) is 8.56. The molecule has 2 aromatic rings. The lowest BCUT2D eigenvalue weighted by Crippen LogP contribution is -2.47. The number of anilines is 1. The number of carbonyl (C=O) groups excluding carboxylic acids is 1. The van der Waals surface area contributed by atoms with Crippen LogP contribution in [-0.4, -0.2) is 33.1 Å². The Hall–Kier alpha value is -2.34. The Labute approximate surface area is 148 Å². The third-order valence-corrected chi connectivity index (χ3v) is 4.55. The van der Waals surface area contributed by atoms with Crippen LogP contribution in [0.2, 0.25) is 0 Å². The molecule has 0 radical (unpaired) electrons. The van der Waals surface area contributed by atoms with E-state index in [2.05, 4.69) is 15.7 Å². The molecule has 1 aliphatic rings. The Kier molecular flexibility index (Phi) is 4.33. The van der Waals surface area contributed by atoms with Gasteiger partial charge in [-0.1, -0.05) is 18.2 Å². The van der Waals surface area contributed by atoms with Gasteiger partial charge in [0.2, 0.25) is 0 Å². The molecule has 2 N–H and O–H groups in total. The van der Waals surface area contributed by atoms with Crippen molar-refractivity contribution in [2.24, 2.45) is 0 Å². The molecule has 1 saturated heterocycles. The molecule has 2 heterocycles. The van der Waals surface area contributed by atoms with Crippen LogP contribution in [0.5, 0.6) is 0 Å². The minimum atomic E-state index is -0.399. The molecule has 0 bridgehead atoms. The minimum Gasteiger partial charge on any atom is -0.367 e. The maximum absolute atomic E-state index is 12.5. The summed E-state index contributed by atoms with van der Waals surface area (Å²) >= 11 is 0. The third kappa shape index (κ3) is 3.85. The van der Waals surface area contributed by atoms with Gasteiger partial charge in [0.1, 0.15) is 0 Å². The smallest absolute Gasteiger partial charge is 0.319 e. The van der Waals surface area contributed by atoms with Crippen LogP contribution in [0.4, 0.5) is 10.5 Å². The molecule has 1 unspecified atom stereocenters. The van der Waals surface area contributed by atoms with Gasteiger partial charge in [-0.15, -0.1) is 0 Å². The Bertz CT molecular complexity index is 765. The van der Waals surface area contributed by atoms with Crippen LogP contribution in [0.25, 0.3) is 5.69 Å². The van der Waals surface area contributed by atoms with Gasteiger partial charge in [0, 0.05) is 0 Å². The molecule has 6 nitrogen and oxygen atoms in total. The molecule has 6 heteroatoms. The predicted octanol–water partition coefficient (Wildman–Crippen LogP) is 3.65. The second kappa shape index (κ2) is 6.19. The van der Waals surface area contributed by atoms with Gasteiger partial charge in [-0.05, 0) is 53.2 Å². The summed E-state index contributed by atoms with van der Waals surface area (Å²) < 4.78 is 7.79. The monoisotopic (exact) mass is 342 g/mol. The fourth-order valence-corrected chi connectivity index (χ4v) is 3.40. The number of amides is 2. The molecule has 1 aliphatic heterocycles. The van der Waals surface area contributed by atoms with Gasteiger partial charge >= 0.3 is 6.03 Å². The van der Waals surface area contributed by atoms with Crippen molar-refractivity contribution in [2.75, 3.05) is 5.32 Å². The molecule has 2 amide bonds. The summed E-state index contributed by atoms with van der Waals surface area (Å²) in [6.07, 6.45) is 2.60. The normalized spacial score (nSPS) is 21.1. The highest BCUT2D eigenvalue weighted by Crippen LogP contribution is 2.37. The molecule has 0 saturated carbocycles. The molecule has 1 fully saturated rings. The van der Waals surface area contributed by atoms with Crippen LogP contribution >= 0.6 is 0 Å². The fraction of sp³-hybridized carbons (Fsp3) is 0.474. The van der Waals surface area contributed by atoms with Gasteiger partial charge < -0.3 is 15.4 Å². The average Bonchev–Trinajstić information content (AvgIpc) is 2.96. The van der Waals surface area contributed by atoms with Crippen LogP contribution in [0.15, 0.2) is 36.5 Å². The fourth-order valence-electron chi connectivity index (χ4n) is 3.40. The van der Waals surface area contributed by atoms with E-state index < -0.39 is 5.60 Å². The van der Waals surface area contributed by atoms with E-state index in [1.807, 2.05) is 71.1 Å². The lowest BCUT2D eigenvalue weighted by molar-refractivity contribution is -0.0689. The first kappa shape index (κ1) is 17.5. The summed E-state index contributed by atoms with van der Waals surface area (Å²) in [7, 11) is 0. The Balaban J connectivity index is 1.69. The summed E-state index contributed by atoms with van der Waals surface area (Å²) in [5.74, 6) is 0. The maximum Gasteiger partial charge on any atom is 0.319 e. The molecule has 1 atom stereocenters. The Morgan fingerprint density at radius 1 is 1.24 bits per heavy atom. The summed E-state index contributed by atoms with van der Waals surface area (Å²) in [4.78, 5) is 12.5. The van der Waals surface area contributed by atoms with Crippen molar-refractivity contribution in [1.29, 1.82) is 0 Å². The van der Waals surface area contributed by atoms with E-state index in [0.717, 1.165) is 17.8 Å². The molecule has 25 heavy (non-hydrogen) atoms. The summed E-state index contributed by atoms with van der Waals surface area (Å²) in [6.45, 7) is 9.97. The number of ether oxygens (including phenoxy) is 1. The molecule has 0 aliphatic carbocycles. The zero-order valence-corrected chi connectivity index (χ0v) is 15.5. The quantitative estimate of drug-likeness (QED) is 0.895. The number of nitrogens with zero attached hydrogens (tertiary/aromatic N) is 2. The molecule has 1 aromatic heterocycles. The van der Waals surface area contributed by atoms with Crippen molar-refractivity contribution in [2.45, 2.75) is 58.3 Å². The number of para-hydroxylation sites is 1. The van der Waals surface area contributed by atoms with E-state index in [-0.39, 0.29) is 17.7 Å². The van der Waals surface area contributed by atoms with E-state index in [0.29, 0.717) is 5.69 Å². The molecular weight excluding hydrogens is 316 g/mol. The van der Waals surface area contributed by atoms with Crippen molar-refractivity contribution in [3.63, 3.8) is 0 Å². The number of benzene rings is 1. The molecule has 1 aromatic carbocycles. The number of rotatable bonds is 3. The van der Waals surface area contributed by atoms with Gasteiger partial charge in [-0.3, -0.25) is 0 Å². The zero-order chi connectivity index (χ0) is 18.2. The molecular formula is C19H26N4O2. The van der Waals surface area contributed by atoms with E-state index in [9.17, 15) is 4.79 Å². The summed E-state index contributed by atoms with van der Waals surface area (Å²) in [5, 5.41) is 10.4. The average molecular weight is 342 g/mol. The first-order chi connectivity index (χ1) is 11.7. The molecule has 3 rings (SSSR count). The number of aryl methyl sites for hydroxylation is 1. The predicted molar refractivity (Wildman–Crippen MR) is 98.1 cm³/mol. The number of aromatic nitrogens is 2. The van der Waals surface area contributed by atoms with Crippen LogP contribution in [0.1, 0.15) is 39.8 Å². The number of urea groups is 1. The highest BCUT2D eigenvalue weighted by atomic mass is 16.5. The summed E-state index contributed by atoms with van der Waals surface area (Å²) in [6, 6.07) is 9.51. The Morgan fingerprint density at radius 3 is 2.52 bits per heavy atom. The van der Waals surface area contributed by atoms with Gasteiger partial charge in [-0.25, -0.2) is 9.48 Å². The SMILES string of the molecule is Cc1nn(-c2ccccc2)cc1NC(=O)NC1CC(C)(C)OC1(C)C. The zero-order valence-electron chi connectivity index (χ0n) is 15.5. The molecule has 134 valence electrons. The van der Waals surface area contributed by atoms with Crippen molar-refractivity contribution in [3.8, 4) is 5.69 Å². The topological polar surface area (TPSA) is 68.2 Å². The van der Waals surface area contributed by atoms with Crippen LogP contribution in [0.3, 0.4) is 0 Å². The minimum absolute atomic E-state index is 0.0491. The second-order valence-electron chi connectivity index (χ2n) is 7.73. The third-order valence-electron chi connectivity index (χ3n) is 4.55. The summed E-state index contributed by atoms with van der Waals surface area (Å²) in [5.41, 5.74) is 1.77. The van der Waals surface area contributed by atoms with E-state index >= 15 is 0 Å². The van der Waals surface area contributed by atoms with Crippen molar-refractivity contribution in [3.05, 3.63) is 42.2 Å². The van der Waals surface area contributed by atoms with Crippen molar-refractivity contribution in [1.82, 2.24) is 15.1 Å². The highest BCUT2D eigenvalue weighted by molar-refractivity contribution is 5.90. The second-order valence-corrected chi connectivity index (χ2v) is 7.73. The standard InChI is InChI=1S/C19H26N4O2/c1-13-15(12-23(22-13)14-9-7-6-8-10-14)20-17(24)21-16-11-18(2,3)25-19(16,4)5/h6-10,12,16H,11H2,1-5H3,(H2,20,21,24). The van der Waals surface area contributed by atoms with Crippen LogP contribution < -0.4 is 10.6 Å². The lowest BCUT2D eigenvalue weighted by Gasteiger charge is -2.27. The Morgan fingerprint density at radius 2 is 1.92 bits per heavy atom. The van der Waals surface area contributed by atoms with Crippen LogP contribution in [0, 0.1) is 6.92 Å².